The Bertz CT molecular complexity index is 1750. The Morgan fingerprint density at radius 3 is 2.77 bits per heavy atom. The van der Waals surface area contributed by atoms with Gasteiger partial charge in [-0.2, -0.15) is 0 Å². The van der Waals surface area contributed by atoms with Crippen LogP contribution in [-0.4, -0.2) is 46.0 Å². The van der Waals surface area contributed by atoms with Crippen LogP contribution in [0.3, 0.4) is 0 Å². The topological polar surface area (TPSA) is 99.6 Å². The number of hydrogen-bond donors (Lipinski definition) is 0. The summed E-state index contributed by atoms with van der Waals surface area (Å²) in [5, 5.41) is 1.95. The minimum absolute atomic E-state index is 0.0484. The fourth-order valence-corrected chi connectivity index (χ4v) is 5.71. The maximum absolute atomic E-state index is 15.1. The number of carbonyl (C=O) groups is 1. The van der Waals surface area contributed by atoms with E-state index in [-0.39, 0.29) is 12.2 Å². The van der Waals surface area contributed by atoms with Crippen LogP contribution in [0, 0.1) is 12.7 Å². The molecule has 0 spiro atoms. The molecule has 198 valence electrons. The average molecular weight is 566 g/mol. The first kappa shape index (κ1) is 25.2. The summed E-state index contributed by atoms with van der Waals surface area (Å²) in [5.41, 5.74) is 2.93. The fraction of sp³-hybridized carbons (Fsp3) is 0.222. The van der Waals surface area contributed by atoms with Gasteiger partial charge in [-0.1, -0.05) is 11.6 Å². The molecular formula is C27H21ClFN5O4S. The van der Waals surface area contributed by atoms with E-state index in [0.717, 1.165) is 15.6 Å². The second-order valence-corrected chi connectivity index (χ2v) is 10.3. The summed E-state index contributed by atoms with van der Waals surface area (Å²) in [7, 11) is 1.54. The molecule has 9 nitrogen and oxygen atoms in total. The number of hydrogen-bond acceptors (Lipinski definition) is 9. The van der Waals surface area contributed by atoms with Crippen molar-refractivity contribution in [1.82, 2.24) is 19.9 Å². The molecule has 0 aliphatic carbocycles. The molecule has 2 aromatic carbocycles. The lowest BCUT2D eigenvalue weighted by atomic mass is 10.1. The van der Waals surface area contributed by atoms with Gasteiger partial charge in [-0.05, 0) is 32.0 Å². The van der Waals surface area contributed by atoms with Gasteiger partial charge in [-0.15, -0.1) is 11.3 Å². The summed E-state index contributed by atoms with van der Waals surface area (Å²) >= 11 is 7.81. The Labute approximate surface area is 231 Å². The molecule has 3 aromatic heterocycles. The number of aromatic nitrogens is 4. The first-order chi connectivity index (χ1) is 18.8. The third-order valence-corrected chi connectivity index (χ3v) is 7.61. The molecule has 12 heteroatoms. The SMILES string of the molecule is CCOc1cnc2c(-c3nc4cc(F)c5c(c4s3)C[C@@H](OC(=O)N(C)c3cnc(C)nc3)O5)cc(Cl)cc2c1. The van der Waals surface area contributed by atoms with E-state index in [9.17, 15) is 4.79 Å². The number of rotatable bonds is 5. The van der Waals surface area contributed by atoms with Gasteiger partial charge in [0.05, 0.1) is 53.0 Å². The van der Waals surface area contributed by atoms with E-state index in [1.54, 1.807) is 19.2 Å². The molecule has 0 radical (unpaired) electrons. The smallest absolute Gasteiger partial charge is 0.417 e. The molecular weight excluding hydrogens is 545 g/mol. The third-order valence-electron chi connectivity index (χ3n) is 6.23. The van der Waals surface area contributed by atoms with Crippen molar-refractivity contribution in [2.75, 3.05) is 18.6 Å². The number of nitrogens with zero attached hydrogens (tertiary/aromatic N) is 5. The molecule has 39 heavy (non-hydrogen) atoms. The van der Waals surface area contributed by atoms with Crippen LogP contribution in [0.5, 0.6) is 11.5 Å². The largest absolute Gasteiger partial charge is 0.492 e. The van der Waals surface area contributed by atoms with Gasteiger partial charge in [-0.25, -0.2) is 24.1 Å². The van der Waals surface area contributed by atoms with Crippen LogP contribution in [0.4, 0.5) is 14.9 Å². The van der Waals surface area contributed by atoms with Gasteiger partial charge in [0.15, 0.2) is 11.6 Å². The van der Waals surface area contributed by atoms with Crippen molar-refractivity contribution in [3.8, 4) is 22.1 Å². The number of aryl methyl sites for hydroxylation is 1. The summed E-state index contributed by atoms with van der Waals surface area (Å²) in [6.45, 7) is 4.17. The summed E-state index contributed by atoms with van der Waals surface area (Å²) in [6, 6.07) is 6.80. The van der Waals surface area contributed by atoms with E-state index in [0.29, 0.717) is 50.5 Å². The molecule has 6 rings (SSSR count). The molecule has 1 atom stereocenters. The minimum atomic E-state index is -1.00. The third kappa shape index (κ3) is 4.68. The first-order valence-electron chi connectivity index (χ1n) is 12.0. The van der Waals surface area contributed by atoms with Gasteiger partial charge in [0, 0.05) is 34.6 Å². The second kappa shape index (κ2) is 9.90. The Morgan fingerprint density at radius 1 is 1.21 bits per heavy atom. The molecule has 0 N–H and O–H groups in total. The molecule has 1 aliphatic heterocycles. The highest BCUT2D eigenvalue weighted by Gasteiger charge is 2.33. The van der Waals surface area contributed by atoms with Crippen LogP contribution in [0.15, 0.2) is 42.9 Å². The van der Waals surface area contributed by atoms with E-state index >= 15 is 4.39 Å². The fourth-order valence-electron chi connectivity index (χ4n) is 4.37. The number of fused-ring (bicyclic) bond motifs is 4. The number of anilines is 1. The van der Waals surface area contributed by atoms with Crippen molar-refractivity contribution in [3.63, 3.8) is 0 Å². The number of pyridine rings is 1. The van der Waals surface area contributed by atoms with Gasteiger partial charge >= 0.3 is 6.09 Å². The standard InChI is InChI=1S/C27H21ClFN5O4S/c1-4-36-17-6-14-5-15(28)7-18(23(14)32-12-17)26-33-21-9-20(29)24-19(25(21)39-26)8-22(37-24)38-27(35)34(3)16-10-30-13(2)31-11-16/h5-7,9-12,22H,4,8H2,1-3H3/t22-/m1/s1. The molecule has 0 unspecified atom stereocenters. The van der Waals surface area contributed by atoms with E-state index in [1.807, 2.05) is 19.1 Å². The van der Waals surface area contributed by atoms with E-state index in [4.69, 9.17) is 30.8 Å². The quantitative estimate of drug-likeness (QED) is 0.243. The highest BCUT2D eigenvalue weighted by molar-refractivity contribution is 7.22. The molecule has 0 bridgehead atoms. The lowest BCUT2D eigenvalue weighted by Gasteiger charge is -2.19. The van der Waals surface area contributed by atoms with Crippen molar-refractivity contribution in [2.45, 2.75) is 26.6 Å². The van der Waals surface area contributed by atoms with Gasteiger partial charge in [0.1, 0.15) is 16.6 Å². The van der Waals surface area contributed by atoms with Crippen molar-refractivity contribution >= 4 is 55.8 Å². The monoisotopic (exact) mass is 565 g/mol. The average Bonchev–Trinajstić information content (AvgIpc) is 3.53. The Kier molecular flexibility index (Phi) is 6.40. The van der Waals surface area contributed by atoms with Crippen molar-refractivity contribution in [1.29, 1.82) is 0 Å². The first-order valence-corrected chi connectivity index (χ1v) is 13.2. The molecule has 0 saturated carbocycles. The normalized spacial score (nSPS) is 14.3. The molecule has 1 amide bonds. The Morgan fingerprint density at radius 2 is 2.00 bits per heavy atom. The highest BCUT2D eigenvalue weighted by atomic mass is 35.5. The molecule has 4 heterocycles. The van der Waals surface area contributed by atoms with Crippen molar-refractivity contribution in [2.24, 2.45) is 0 Å². The van der Waals surface area contributed by atoms with Gasteiger partial charge in [-0.3, -0.25) is 9.88 Å². The summed E-state index contributed by atoms with van der Waals surface area (Å²) < 4.78 is 32.6. The van der Waals surface area contributed by atoms with Crippen LogP contribution in [0.1, 0.15) is 18.3 Å². The van der Waals surface area contributed by atoms with Crippen LogP contribution in [-0.2, 0) is 11.2 Å². The zero-order chi connectivity index (χ0) is 27.3. The number of ether oxygens (including phenoxy) is 3. The number of halogens is 2. The number of thiazole rings is 1. The summed E-state index contributed by atoms with van der Waals surface area (Å²) in [6.07, 6.45) is 3.17. The number of benzene rings is 2. The second-order valence-electron chi connectivity index (χ2n) is 8.85. The summed E-state index contributed by atoms with van der Waals surface area (Å²) in [4.78, 5) is 31.4. The Hall–Kier alpha value is -4.09. The number of amides is 1. The van der Waals surface area contributed by atoms with Gasteiger partial charge in [0.2, 0.25) is 0 Å². The van der Waals surface area contributed by atoms with Crippen LogP contribution < -0.4 is 14.4 Å². The predicted molar refractivity (Wildman–Crippen MR) is 146 cm³/mol. The minimum Gasteiger partial charge on any atom is -0.492 e. The lowest BCUT2D eigenvalue weighted by molar-refractivity contribution is -0.0144. The molecule has 5 aromatic rings. The zero-order valence-electron chi connectivity index (χ0n) is 21.1. The van der Waals surface area contributed by atoms with Crippen LogP contribution in [0.25, 0.3) is 31.7 Å². The zero-order valence-corrected chi connectivity index (χ0v) is 22.6. The molecule has 0 fully saturated rings. The van der Waals surface area contributed by atoms with Crippen molar-refractivity contribution < 1.29 is 23.4 Å². The lowest BCUT2D eigenvalue weighted by Crippen LogP contribution is -2.33. The number of carbonyl (C=O) groups excluding carboxylic acids is 1. The highest BCUT2D eigenvalue weighted by Crippen LogP contribution is 2.44. The van der Waals surface area contributed by atoms with E-state index in [2.05, 4.69) is 15.0 Å². The molecule has 0 saturated heterocycles. The van der Waals surface area contributed by atoms with Crippen LogP contribution >= 0.6 is 22.9 Å². The van der Waals surface area contributed by atoms with Crippen LogP contribution in [0.2, 0.25) is 5.02 Å². The van der Waals surface area contributed by atoms with Crippen molar-refractivity contribution in [3.05, 3.63) is 65.1 Å². The Balaban J connectivity index is 1.31. The maximum Gasteiger partial charge on any atom is 0.417 e. The molecule has 1 aliphatic rings. The van der Waals surface area contributed by atoms with E-state index < -0.39 is 18.2 Å². The van der Waals surface area contributed by atoms with Gasteiger partial charge in [0.25, 0.3) is 6.29 Å². The van der Waals surface area contributed by atoms with Gasteiger partial charge < -0.3 is 14.2 Å². The predicted octanol–water partition coefficient (Wildman–Crippen LogP) is 6.34. The van der Waals surface area contributed by atoms with E-state index in [1.165, 1.54) is 41.7 Å². The maximum atomic E-state index is 15.1. The summed E-state index contributed by atoms with van der Waals surface area (Å²) in [5.74, 6) is 0.687.